The molecule has 27 heavy (non-hydrogen) atoms. The second kappa shape index (κ2) is 7.56. The SMILES string of the molecule is CCc1ccc(C2CCCCN2CC(=O)N2CC(=O)Nc3ccccc32)o1. The quantitative estimate of drug-likeness (QED) is 0.900. The monoisotopic (exact) mass is 367 g/mol. The number of carbonyl (C=O) groups is 2. The van der Waals surface area contributed by atoms with E-state index in [1.54, 1.807) is 4.90 Å². The summed E-state index contributed by atoms with van der Waals surface area (Å²) in [5, 5.41) is 2.83. The van der Waals surface area contributed by atoms with Crippen LogP contribution >= 0.6 is 0 Å². The summed E-state index contributed by atoms with van der Waals surface area (Å²) in [6.07, 6.45) is 4.06. The number of nitrogens with zero attached hydrogens (tertiary/aromatic N) is 2. The number of furan rings is 1. The Labute approximate surface area is 159 Å². The first-order valence-electron chi connectivity index (χ1n) is 9.67. The number of likely N-dealkylation sites (tertiary alicyclic amines) is 1. The Kier molecular flexibility index (Phi) is 4.99. The van der Waals surface area contributed by atoms with Crippen LogP contribution in [-0.2, 0) is 16.0 Å². The number of para-hydroxylation sites is 2. The van der Waals surface area contributed by atoms with Gasteiger partial charge in [0.2, 0.25) is 11.8 Å². The molecule has 2 amide bonds. The van der Waals surface area contributed by atoms with E-state index in [-0.39, 0.29) is 30.9 Å². The lowest BCUT2D eigenvalue weighted by molar-refractivity contribution is -0.123. The van der Waals surface area contributed by atoms with Crippen molar-refractivity contribution >= 4 is 23.2 Å². The molecule has 1 N–H and O–H groups in total. The topological polar surface area (TPSA) is 65.8 Å². The van der Waals surface area contributed by atoms with E-state index in [0.29, 0.717) is 5.69 Å². The Balaban J connectivity index is 1.53. The van der Waals surface area contributed by atoms with Gasteiger partial charge < -0.3 is 9.73 Å². The summed E-state index contributed by atoms with van der Waals surface area (Å²) < 4.78 is 5.97. The molecule has 1 unspecified atom stereocenters. The van der Waals surface area contributed by atoms with Gasteiger partial charge in [0.25, 0.3) is 0 Å². The molecule has 1 aromatic carbocycles. The molecule has 6 heteroatoms. The first-order chi connectivity index (χ1) is 13.2. The fourth-order valence-corrected chi connectivity index (χ4v) is 3.98. The number of rotatable bonds is 4. The number of aryl methyl sites for hydroxylation is 1. The van der Waals surface area contributed by atoms with Crippen molar-refractivity contribution in [1.82, 2.24) is 4.90 Å². The predicted molar refractivity (Wildman–Crippen MR) is 104 cm³/mol. The predicted octanol–water partition coefficient (Wildman–Crippen LogP) is 3.35. The molecule has 4 rings (SSSR count). The third kappa shape index (κ3) is 3.62. The molecule has 2 aliphatic heterocycles. The van der Waals surface area contributed by atoms with Gasteiger partial charge in [-0.1, -0.05) is 25.5 Å². The molecule has 1 fully saturated rings. The largest absolute Gasteiger partial charge is 0.464 e. The van der Waals surface area contributed by atoms with Crippen molar-refractivity contribution in [1.29, 1.82) is 0 Å². The van der Waals surface area contributed by atoms with Crippen LogP contribution in [0.4, 0.5) is 11.4 Å². The molecule has 1 saturated heterocycles. The van der Waals surface area contributed by atoms with Crippen LogP contribution in [0.1, 0.15) is 43.7 Å². The van der Waals surface area contributed by atoms with Crippen LogP contribution in [0.5, 0.6) is 0 Å². The summed E-state index contributed by atoms with van der Waals surface area (Å²) in [4.78, 5) is 28.9. The number of hydrogen-bond acceptors (Lipinski definition) is 4. The van der Waals surface area contributed by atoms with E-state index in [1.807, 2.05) is 36.4 Å². The molecule has 0 aliphatic carbocycles. The Morgan fingerprint density at radius 1 is 1.22 bits per heavy atom. The fourth-order valence-electron chi connectivity index (χ4n) is 3.98. The molecule has 142 valence electrons. The third-order valence-electron chi connectivity index (χ3n) is 5.38. The van der Waals surface area contributed by atoms with Crippen LogP contribution in [0.3, 0.4) is 0 Å². The zero-order valence-corrected chi connectivity index (χ0v) is 15.6. The van der Waals surface area contributed by atoms with Gasteiger partial charge in [0.1, 0.15) is 18.1 Å². The third-order valence-corrected chi connectivity index (χ3v) is 5.38. The highest BCUT2D eigenvalue weighted by Gasteiger charge is 2.32. The van der Waals surface area contributed by atoms with Crippen LogP contribution in [0.2, 0.25) is 0 Å². The van der Waals surface area contributed by atoms with E-state index in [1.165, 1.54) is 0 Å². The van der Waals surface area contributed by atoms with Crippen LogP contribution in [0, 0.1) is 0 Å². The van der Waals surface area contributed by atoms with E-state index in [2.05, 4.69) is 17.1 Å². The van der Waals surface area contributed by atoms with Gasteiger partial charge in [0, 0.05) is 6.42 Å². The second-order valence-corrected chi connectivity index (χ2v) is 7.18. The Morgan fingerprint density at radius 3 is 2.89 bits per heavy atom. The van der Waals surface area contributed by atoms with E-state index >= 15 is 0 Å². The summed E-state index contributed by atoms with van der Waals surface area (Å²) in [6.45, 7) is 3.29. The van der Waals surface area contributed by atoms with Crippen molar-refractivity contribution in [3.63, 3.8) is 0 Å². The highest BCUT2D eigenvalue weighted by molar-refractivity contribution is 6.10. The molecule has 2 aliphatic rings. The average molecular weight is 367 g/mol. The number of nitrogens with one attached hydrogen (secondary N) is 1. The maximum atomic E-state index is 13.1. The number of anilines is 2. The lowest BCUT2D eigenvalue weighted by atomic mass is 10.00. The van der Waals surface area contributed by atoms with Gasteiger partial charge in [-0.15, -0.1) is 0 Å². The molecule has 2 aromatic rings. The molecule has 1 atom stereocenters. The number of amides is 2. The fraction of sp³-hybridized carbons (Fsp3) is 0.429. The molecule has 0 radical (unpaired) electrons. The van der Waals surface area contributed by atoms with Gasteiger partial charge in [0.15, 0.2) is 0 Å². The van der Waals surface area contributed by atoms with Gasteiger partial charge in [-0.2, -0.15) is 0 Å². The molecule has 0 bridgehead atoms. The van der Waals surface area contributed by atoms with Crippen molar-refractivity contribution in [2.24, 2.45) is 0 Å². The van der Waals surface area contributed by atoms with E-state index in [9.17, 15) is 9.59 Å². The Bertz CT molecular complexity index is 845. The lowest BCUT2D eigenvalue weighted by Gasteiger charge is -2.36. The van der Waals surface area contributed by atoms with Gasteiger partial charge in [-0.25, -0.2) is 0 Å². The minimum Gasteiger partial charge on any atom is -0.464 e. The lowest BCUT2D eigenvalue weighted by Crippen LogP contribution is -2.48. The van der Waals surface area contributed by atoms with Crippen molar-refractivity contribution in [2.75, 3.05) is 29.9 Å². The van der Waals surface area contributed by atoms with Crippen LogP contribution < -0.4 is 10.2 Å². The standard InChI is InChI=1S/C21H25N3O3/c1-2-15-10-11-19(27-15)18-9-5-6-12-23(18)14-21(26)24-13-20(25)22-16-7-3-4-8-17(16)24/h3-4,7-8,10-11,18H,2,5-6,9,12-14H2,1H3,(H,22,25). The minimum atomic E-state index is -0.157. The molecule has 0 spiro atoms. The second-order valence-electron chi connectivity index (χ2n) is 7.18. The molecular formula is C21H25N3O3. The van der Waals surface area contributed by atoms with Crippen LogP contribution in [0.25, 0.3) is 0 Å². The number of benzene rings is 1. The highest BCUT2D eigenvalue weighted by Crippen LogP contribution is 2.33. The molecule has 3 heterocycles. The number of piperidine rings is 1. The molecule has 1 aromatic heterocycles. The van der Waals surface area contributed by atoms with Gasteiger partial charge >= 0.3 is 0 Å². The van der Waals surface area contributed by atoms with E-state index in [0.717, 1.165) is 49.4 Å². The van der Waals surface area contributed by atoms with E-state index < -0.39 is 0 Å². The highest BCUT2D eigenvalue weighted by atomic mass is 16.3. The summed E-state index contributed by atoms with van der Waals surface area (Å²) in [5.41, 5.74) is 1.46. The van der Waals surface area contributed by atoms with Gasteiger partial charge in [-0.05, 0) is 43.7 Å². The van der Waals surface area contributed by atoms with Crippen LogP contribution in [0.15, 0.2) is 40.8 Å². The summed E-state index contributed by atoms with van der Waals surface area (Å²) in [7, 11) is 0. The Hall–Kier alpha value is -2.60. The van der Waals surface area contributed by atoms with Crippen molar-refractivity contribution in [3.8, 4) is 0 Å². The number of hydrogen-bond donors (Lipinski definition) is 1. The first kappa shape index (κ1) is 17.8. The maximum absolute atomic E-state index is 13.1. The van der Waals surface area contributed by atoms with Crippen molar-refractivity contribution in [2.45, 2.75) is 38.6 Å². The molecular weight excluding hydrogens is 342 g/mol. The van der Waals surface area contributed by atoms with Crippen molar-refractivity contribution in [3.05, 3.63) is 47.9 Å². The molecule has 0 saturated carbocycles. The van der Waals surface area contributed by atoms with Gasteiger partial charge in [-0.3, -0.25) is 19.4 Å². The minimum absolute atomic E-state index is 0.0496. The van der Waals surface area contributed by atoms with Crippen molar-refractivity contribution < 1.29 is 14.0 Å². The number of carbonyl (C=O) groups excluding carboxylic acids is 2. The average Bonchev–Trinajstić information content (AvgIpc) is 3.16. The summed E-state index contributed by atoms with van der Waals surface area (Å²) in [5.74, 6) is 1.71. The zero-order valence-electron chi connectivity index (χ0n) is 15.6. The maximum Gasteiger partial charge on any atom is 0.244 e. The van der Waals surface area contributed by atoms with Gasteiger partial charge in [0.05, 0.1) is 24.0 Å². The number of fused-ring (bicyclic) bond motifs is 1. The van der Waals surface area contributed by atoms with E-state index in [4.69, 9.17) is 4.42 Å². The first-order valence-corrected chi connectivity index (χ1v) is 9.67. The van der Waals surface area contributed by atoms with Crippen LogP contribution in [-0.4, -0.2) is 36.3 Å². The molecule has 6 nitrogen and oxygen atoms in total. The Morgan fingerprint density at radius 2 is 2.07 bits per heavy atom. The zero-order chi connectivity index (χ0) is 18.8. The summed E-state index contributed by atoms with van der Waals surface area (Å²) in [6, 6.07) is 11.6. The summed E-state index contributed by atoms with van der Waals surface area (Å²) >= 11 is 0. The smallest absolute Gasteiger partial charge is 0.244 e. The normalized spacial score (nSPS) is 20.3.